The van der Waals surface area contributed by atoms with Crippen LogP contribution in [0.5, 0.6) is 0 Å². The highest BCUT2D eigenvalue weighted by Gasteiger charge is 2.13. The molecule has 1 heterocycles. The Morgan fingerprint density at radius 1 is 0.643 bits per heavy atom. The summed E-state index contributed by atoms with van der Waals surface area (Å²) in [6.45, 7) is 5.41. The maximum Gasteiger partial charge on any atom is 0.231 e. The largest absolute Gasteiger partial charge is 0.324 e. The number of aromatic nitrogens is 2. The second-order valence-electron chi connectivity index (χ2n) is 9.57. The molecular formula is C29H31N7O4S2. The van der Waals surface area contributed by atoms with E-state index in [1.165, 1.54) is 0 Å². The van der Waals surface area contributed by atoms with Crippen LogP contribution in [0.25, 0.3) is 0 Å². The minimum absolute atomic E-state index is 0.230. The maximum absolute atomic E-state index is 11.8. The zero-order valence-electron chi connectivity index (χ0n) is 23.7. The van der Waals surface area contributed by atoms with Crippen LogP contribution < -0.4 is 16.2 Å². The van der Waals surface area contributed by atoms with Gasteiger partial charge in [-0.25, -0.2) is 16.8 Å². The Bertz CT molecular complexity index is 1740. The van der Waals surface area contributed by atoms with Crippen molar-refractivity contribution in [1.29, 1.82) is 0 Å². The first-order valence-corrected chi connectivity index (χ1v) is 16.5. The normalized spacial score (nSPS) is 12.6. The Hall–Kier alpha value is -4.62. The highest BCUT2D eigenvalue weighted by molar-refractivity contribution is 7.91. The van der Waals surface area contributed by atoms with E-state index in [0.717, 1.165) is 29.3 Å². The Kier molecular flexibility index (Phi) is 9.02. The van der Waals surface area contributed by atoms with Crippen LogP contribution in [0.4, 0.5) is 23.3 Å². The Labute approximate surface area is 245 Å². The van der Waals surface area contributed by atoms with E-state index in [1.807, 2.05) is 37.3 Å². The number of hydrazone groups is 2. The monoisotopic (exact) mass is 605 g/mol. The van der Waals surface area contributed by atoms with E-state index in [-0.39, 0.29) is 9.79 Å². The summed E-state index contributed by atoms with van der Waals surface area (Å²) >= 11 is 0. The summed E-state index contributed by atoms with van der Waals surface area (Å²) in [5, 5.41) is 12.1. The molecule has 0 radical (unpaired) electrons. The smallest absolute Gasteiger partial charge is 0.231 e. The molecule has 0 aliphatic heterocycles. The molecule has 13 heteroatoms. The molecule has 4 rings (SSSR count). The van der Waals surface area contributed by atoms with Gasteiger partial charge in [-0.15, -0.1) is 0 Å². The summed E-state index contributed by atoms with van der Waals surface area (Å²) in [4.78, 5) is 9.65. The van der Waals surface area contributed by atoms with Crippen LogP contribution >= 0.6 is 0 Å². The average molecular weight is 606 g/mol. The van der Waals surface area contributed by atoms with Crippen molar-refractivity contribution in [3.8, 4) is 0 Å². The highest BCUT2D eigenvalue weighted by Crippen LogP contribution is 2.24. The second-order valence-corrected chi connectivity index (χ2v) is 13.6. The number of anilines is 4. The molecule has 0 saturated carbocycles. The van der Waals surface area contributed by atoms with Crippen molar-refractivity contribution < 1.29 is 16.8 Å². The molecule has 218 valence electrons. The Morgan fingerprint density at radius 3 is 1.43 bits per heavy atom. The van der Waals surface area contributed by atoms with Gasteiger partial charge in [-0.05, 0) is 68.3 Å². The molecule has 4 aromatic rings. The van der Waals surface area contributed by atoms with Gasteiger partial charge in [0.1, 0.15) is 0 Å². The van der Waals surface area contributed by atoms with Crippen molar-refractivity contribution in [3.63, 3.8) is 0 Å². The molecule has 42 heavy (non-hydrogen) atoms. The van der Waals surface area contributed by atoms with E-state index in [2.05, 4.69) is 36.3 Å². The van der Waals surface area contributed by atoms with Crippen molar-refractivity contribution >= 4 is 54.4 Å². The van der Waals surface area contributed by atoms with E-state index < -0.39 is 19.7 Å². The molecule has 0 amide bonds. The number of sulfone groups is 2. The second kappa shape index (κ2) is 12.5. The molecule has 3 N–H and O–H groups in total. The minimum Gasteiger partial charge on any atom is -0.324 e. The van der Waals surface area contributed by atoms with E-state index >= 15 is 0 Å². The maximum atomic E-state index is 11.8. The molecule has 0 unspecified atom stereocenters. The van der Waals surface area contributed by atoms with Crippen molar-refractivity contribution in [2.24, 2.45) is 10.2 Å². The zero-order chi connectivity index (χ0) is 30.5. The van der Waals surface area contributed by atoms with Gasteiger partial charge in [0.05, 0.1) is 21.2 Å². The first-order chi connectivity index (χ1) is 19.8. The van der Waals surface area contributed by atoms with Crippen LogP contribution in [0, 0.1) is 6.92 Å². The van der Waals surface area contributed by atoms with Gasteiger partial charge in [0.2, 0.25) is 5.95 Å². The van der Waals surface area contributed by atoms with E-state index in [4.69, 9.17) is 0 Å². The van der Waals surface area contributed by atoms with E-state index in [0.29, 0.717) is 34.6 Å². The predicted molar refractivity (Wildman–Crippen MR) is 167 cm³/mol. The lowest BCUT2D eigenvalue weighted by Gasteiger charge is -2.14. The fourth-order valence-electron chi connectivity index (χ4n) is 3.73. The molecular weight excluding hydrogens is 574 g/mol. The van der Waals surface area contributed by atoms with Crippen LogP contribution in [-0.4, -0.2) is 50.7 Å². The van der Waals surface area contributed by atoms with Gasteiger partial charge in [0.25, 0.3) is 0 Å². The third-order valence-electron chi connectivity index (χ3n) is 6.24. The molecule has 1 aromatic heterocycles. The summed E-state index contributed by atoms with van der Waals surface area (Å²) in [5.41, 5.74) is 10.1. The molecule has 0 bridgehead atoms. The SMILES string of the molecule is CC(=NNc1nc(Nc2ccccc2)nc(NN=C(C)c2ccc(S(C)(=O)=O)cc2)c1C)c1ccc(S(C)(=O)=O)cc1. The number of nitrogens with one attached hydrogen (secondary N) is 3. The number of benzene rings is 3. The van der Waals surface area contributed by atoms with Crippen molar-refractivity contribution in [3.05, 3.63) is 95.6 Å². The summed E-state index contributed by atoms with van der Waals surface area (Å²) in [7, 11) is -6.60. The third-order valence-corrected chi connectivity index (χ3v) is 8.49. The summed E-state index contributed by atoms with van der Waals surface area (Å²) < 4.78 is 47.1. The summed E-state index contributed by atoms with van der Waals surface area (Å²) in [6, 6.07) is 22.4. The predicted octanol–water partition coefficient (Wildman–Crippen LogP) is 5.01. The van der Waals surface area contributed by atoms with Crippen LogP contribution in [0.3, 0.4) is 0 Å². The van der Waals surface area contributed by atoms with Gasteiger partial charge < -0.3 is 5.32 Å². The van der Waals surface area contributed by atoms with Gasteiger partial charge in [0, 0.05) is 23.8 Å². The van der Waals surface area contributed by atoms with Crippen LogP contribution in [0.15, 0.2) is 98.9 Å². The van der Waals surface area contributed by atoms with Gasteiger partial charge >= 0.3 is 0 Å². The number of hydrogen-bond acceptors (Lipinski definition) is 11. The molecule has 0 saturated heterocycles. The third kappa shape index (κ3) is 7.77. The summed E-state index contributed by atoms with van der Waals surface area (Å²) in [5.74, 6) is 1.14. The molecule has 11 nitrogen and oxygen atoms in total. The molecule has 3 aromatic carbocycles. The van der Waals surface area contributed by atoms with E-state index in [9.17, 15) is 16.8 Å². The number of para-hydroxylation sites is 1. The van der Waals surface area contributed by atoms with Crippen LogP contribution in [0.2, 0.25) is 0 Å². The number of nitrogens with zero attached hydrogens (tertiary/aromatic N) is 4. The molecule has 0 fully saturated rings. The molecule has 0 atom stereocenters. The lowest BCUT2D eigenvalue weighted by Crippen LogP contribution is -2.09. The fraction of sp³-hybridized carbons (Fsp3) is 0.172. The lowest BCUT2D eigenvalue weighted by molar-refractivity contribution is 0.600. The van der Waals surface area contributed by atoms with E-state index in [1.54, 1.807) is 62.4 Å². The lowest BCUT2D eigenvalue weighted by atomic mass is 10.1. The van der Waals surface area contributed by atoms with Crippen molar-refractivity contribution in [2.45, 2.75) is 30.6 Å². The Balaban J connectivity index is 1.63. The highest BCUT2D eigenvalue weighted by atomic mass is 32.2. The molecule has 0 spiro atoms. The number of hydrogen-bond donors (Lipinski definition) is 3. The van der Waals surface area contributed by atoms with Gasteiger partial charge in [0.15, 0.2) is 31.3 Å². The van der Waals surface area contributed by atoms with Crippen molar-refractivity contribution in [1.82, 2.24) is 9.97 Å². The van der Waals surface area contributed by atoms with Gasteiger partial charge in [-0.1, -0.05) is 42.5 Å². The van der Waals surface area contributed by atoms with Crippen LogP contribution in [0.1, 0.15) is 30.5 Å². The average Bonchev–Trinajstić information content (AvgIpc) is 2.96. The first-order valence-electron chi connectivity index (χ1n) is 12.7. The van der Waals surface area contributed by atoms with Crippen molar-refractivity contribution in [2.75, 3.05) is 28.7 Å². The number of rotatable bonds is 10. The van der Waals surface area contributed by atoms with Gasteiger partial charge in [-0.3, -0.25) is 10.9 Å². The quantitative estimate of drug-likeness (QED) is 0.167. The zero-order valence-corrected chi connectivity index (χ0v) is 25.4. The topological polar surface area (TPSA) is 155 Å². The Morgan fingerprint density at radius 2 is 1.05 bits per heavy atom. The standard InChI is InChI=1S/C29H31N7O4S2/c1-19-27(35-33-20(2)22-11-15-25(16-12-22)41(4,37)38)31-29(30-24-9-7-6-8-10-24)32-28(19)36-34-21(3)23-13-17-26(18-14-23)42(5,39)40/h6-18H,1-5H3,(H3,30,31,32,35,36). The fourth-order valence-corrected chi connectivity index (χ4v) is 4.99. The first kappa shape index (κ1) is 30.3. The molecule has 0 aliphatic rings. The van der Waals surface area contributed by atoms with Gasteiger partial charge in [-0.2, -0.15) is 20.2 Å². The van der Waals surface area contributed by atoms with Crippen LogP contribution in [-0.2, 0) is 19.7 Å². The summed E-state index contributed by atoms with van der Waals surface area (Å²) in [6.07, 6.45) is 2.32. The minimum atomic E-state index is -3.30. The molecule has 0 aliphatic carbocycles.